The van der Waals surface area contributed by atoms with E-state index in [9.17, 15) is 4.79 Å². The van der Waals surface area contributed by atoms with Crippen LogP contribution in [0, 0.1) is 18.3 Å². The zero-order valence-corrected chi connectivity index (χ0v) is 10.0. The molecule has 0 aliphatic rings. The van der Waals surface area contributed by atoms with Crippen LogP contribution in [0.4, 0.5) is 0 Å². The Hall–Kier alpha value is -0.970. The van der Waals surface area contributed by atoms with Crippen LogP contribution in [0.2, 0.25) is 0 Å². The number of hydrogen-bond acceptors (Lipinski definition) is 1. The van der Waals surface area contributed by atoms with Crippen LogP contribution in [0.15, 0.2) is 0 Å². The summed E-state index contributed by atoms with van der Waals surface area (Å²) in [4.78, 5) is 11.4. The van der Waals surface area contributed by atoms with Crippen LogP contribution in [0.25, 0.3) is 0 Å². The largest absolute Gasteiger partial charge is 0.355 e. The lowest BCUT2D eigenvalue weighted by Gasteiger charge is -2.10. The smallest absolute Gasteiger partial charge is 0.220 e. The first kappa shape index (κ1) is 14.0. The Morgan fingerprint density at radius 3 is 2.80 bits per heavy atom. The molecule has 1 N–H and O–H groups in total. The molecule has 0 fully saturated rings. The number of rotatable bonds is 8. The first-order valence-corrected chi connectivity index (χ1v) is 5.90. The lowest BCUT2D eigenvalue weighted by Crippen LogP contribution is -2.25. The monoisotopic (exact) mass is 209 g/mol. The summed E-state index contributed by atoms with van der Waals surface area (Å²) >= 11 is 0. The minimum atomic E-state index is 0.134. The normalized spacial score (nSPS) is 11.8. The van der Waals surface area contributed by atoms with E-state index in [0.717, 1.165) is 6.42 Å². The van der Waals surface area contributed by atoms with Gasteiger partial charge < -0.3 is 5.32 Å². The number of hydrogen-bond donors (Lipinski definition) is 1. The highest BCUT2D eigenvalue weighted by atomic mass is 16.1. The molecule has 86 valence electrons. The highest BCUT2D eigenvalue weighted by Crippen LogP contribution is 2.12. The van der Waals surface area contributed by atoms with E-state index in [2.05, 4.69) is 25.1 Å². The van der Waals surface area contributed by atoms with E-state index in [-0.39, 0.29) is 5.91 Å². The van der Waals surface area contributed by atoms with Gasteiger partial charge in [0.15, 0.2) is 0 Å². The summed E-state index contributed by atoms with van der Waals surface area (Å²) in [5.74, 6) is 3.13. The topological polar surface area (TPSA) is 29.1 Å². The van der Waals surface area contributed by atoms with Gasteiger partial charge in [-0.3, -0.25) is 4.79 Å². The maximum atomic E-state index is 11.4. The summed E-state index contributed by atoms with van der Waals surface area (Å²) in [7, 11) is 0. The van der Waals surface area contributed by atoms with Gasteiger partial charge in [-0.05, 0) is 5.92 Å². The Morgan fingerprint density at radius 2 is 2.20 bits per heavy atom. The van der Waals surface area contributed by atoms with Gasteiger partial charge in [-0.25, -0.2) is 0 Å². The molecule has 0 saturated heterocycles. The second-order valence-electron chi connectivity index (χ2n) is 4.11. The van der Waals surface area contributed by atoms with Crippen molar-refractivity contribution in [2.75, 3.05) is 6.54 Å². The van der Waals surface area contributed by atoms with E-state index in [1.807, 2.05) is 0 Å². The Bertz CT molecular complexity index is 205. The number of amides is 1. The summed E-state index contributed by atoms with van der Waals surface area (Å²) in [5, 5.41) is 2.82. The molecular formula is C13H23NO. The lowest BCUT2D eigenvalue weighted by atomic mass is 9.99. The number of carbonyl (C=O) groups excluding carboxylic acids is 1. The van der Waals surface area contributed by atoms with Crippen molar-refractivity contribution >= 4 is 5.91 Å². The molecule has 0 aromatic carbocycles. The molecule has 0 spiro atoms. The first-order chi connectivity index (χ1) is 7.20. The molecule has 0 radical (unpaired) electrons. The average Bonchev–Trinajstić information content (AvgIpc) is 2.18. The number of unbranched alkanes of at least 4 members (excludes halogenated alkanes) is 2. The molecule has 0 heterocycles. The molecule has 0 aromatic rings. The molecule has 0 saturated carbocycles. The van der Waals surface area contributed by atoms with Gasteiger partial charge >= 0.3 is 0 Å². The van der Waals surface area contributed by atoms with Crippen LogP contribution >= 0.6 is 0 Å². The fourth-order valence-corrected chi connectivity index (χ4v) is 1.51. The Morgan fingerprint density at radius 1 is 1.47 bits per heavy atom. The van der Waals surface area contributed by atoms with E-state index < -0.39 is 0 Å². The van der Waals surface area contributed by atoms with Crippen LogP contribution in [-0.4, -0.2) is 12.5 Å². The fourth-order valence-electron chi connectivity index (χ4n) is 1.51. The highest BCUT2D eigenvalue weighted by Gasteiger charge is 2.07. The van der Waals surface area contributed by atoms with Crippen molar-refractivity contribution in [1.29, 1.82) is 0 Å². The summed E-state index contributed by atoms with van der Waals surface area (Å²) < 4.78 is 0. The van der Waals surface area contributed by atoms with E-state index in [4.69, 9.17) is 6.42 Å². The third kappa shape index (κ3) is 9.34. The molecule has 0 aliphatic carbocycles. The minimum Gasteiger partial charge on any atom is -0.355 e. The van der Waals surface area contributed by atoms with Gasteiger partial charge in [-0.15, -0.1) is 12.3 Å². The summed E-state index contributed by atoms with van der Waals surface area (Å²) in [6, 6.07) is 0. The van der Waals surface area contributed by atoms with Gasteiger partial charge in [-0.1, -0.05) is 39.5 Å². The van der Waals surface area contributed by atoms with E-state index >= 15 is 0 Å². The van der Waals surface area contributed by atoms with Gasteiger partial charge in [0, 0.05) is 19.4 Å². The van der Waals surface area contributed by atoms with Gasteiger partial charge in [-0.2, -0.15) is 0 Å². The van der Waals surface area contributed by atoms with E-state index in [1.165, 1.54) is 19.3 Å². The van der Waals surface area contributed by atoms with Crippen LogP contribution in [0.1, 0.15) is 52.4 Å². The SMILES string of the molecule is C#CCCNC(=O)C[C@@H](C)CCCCC. The van der Waals surface area contributed by atoms with E-state index in [1.54, 1.807) is 0 Å². The van der Waals surface area contributed by atoms with Gasteiger partial charge in [0.05, 0.1) is 0 Å². The lowest BCUT2D eigenvalue weighted by molar-refractivity contribution is -0.121. The standard InChI is InChI=1S/C13H23NO/c1-4-6-8-9-12(3)11-13(15)14-10-7-5-2/h2,12H,4,6-11H2,1,3H3,(H,14,15)/t12-/m0/s1. The maximum absolute atomic E-state index is 11.4. The molecule has 0 aliphatic heterocycles. The zero-order chi connectivity index (χ0) is 11.5. The summed E-state index contributed by atoms with van der Waals surface area (Å²) in [6.45, 7) is 4.94. The molecule has 0 aromatic heterocycles. The second-order valence-corrected chi connectivity index (χ2v) is 4.11. The third-order valence-corrected chi connectivity index (χ3v) is 2.43. The fraction of sp³-hybridized carbons (Fsp3) is 0.769. The number of terminal acetylenes is 1. The molecule has 1 amide bonds. The van der Waals surface area contributed by atoms with Crippen molar-refractivity contribution in [2.45, 2.75) is 52.4 Å². The van der Waals surface area contributed by atoms with Crippen molar-refractivity contribution in [2.24, 2.45) is 5.92 Å². The third-order valence-electron chi connectivity index (χ3n) is 2.43. The van der Waals surface area contributed by atoms with Crippen molar-refractivity contribution < 1.29 is 4.79 Å². The molecule has 0 rings (SSSR count). The minimum absolute atomic E-state index is 0.134. The molecule has 0 bridgehead atoms. The van der Waals surface area contributed by atoms with Crippen molar-refractivity contribution in [1.82, 2.24) is 5.32 Å². The Balaban J connectivity index is 3.45. The van der Waals surface area contributed by atoms with Crippen LogP contribution in [0.3, 0.4) is 0 Å². The number of carbonyl (C=O) groups is 1. The van der Waals surface area contributed by atoms with Crippen molar-refractivity contribution in [3.05, 3.63) is 0 Å². The van der Waals surface area contributed by atoms with Crippen LogP contribution < -0.4 is 5.32 Å². The zero-order valence-electron chi connectivity index (χ0n) is 10.0. The molecule has 15 heavy (non-hydrogen) atoms. The van der Waals surface area contributed by atoms with Crippen molar-refractivity contribution in [3.63, 3.8) is 0 Å². The van der Waals surface area contributed by atoms with Gasteiger partial charge in [0.1, 0.15) is 0 Å². The molecule has 0 unspecified atom stereocenters. The summed E-state index contributed by atoms with van der Waals surface area (Å²) in [6.07, 6.45) is 11.2. The molecule has 2 nitrogen and oxygen atoms in total. The van der Waals surface area contributed by atoms with Crippen molar-refractivity contribution in [3.8, 4) is 12.3 Å². The molecule has 1 atom stereocenters. The molecule has 2 heteroatoms. The highest BCUT2D eigenvalue weighted by molar-refractivity contribution is 5.76. The Labute approximate surface area is 93.8 Å². The van der Waals surface area contributed by atoms with E-state index in [0.29, 0.717) is 25.3 Å². The summed E-state index contributed by atoms with van der Waals surface area (Å²) in [5.41, 5.74) is 0. The predicted octanol–water partition coefficient (Wildman–Crippen LogP) is 2.73. The number of nitrogens with one attached hydrogen (secondary N) is 1. The van der Waals surface area contributed by atoms with Crippen LogP contribution in [0.5, 0.6) is 0 Å². The predicted molar refractivity (Wildman–Crippen MR) is 64.4 cm³/mol. The quantitative estimate of drug-likeness (QED) is 0.483. The maximum Gasteiger partial charge on any atom is 0.220 e. The van der Waals surface area contributed by atoms with Crippen LogP contribution in [-0.2, 0) is 4.79 Å². The van der Waals surface area contributed by atoms with Gasteiger partial charge in [0.25, 0.3) is 0 Å². The average molecular weight is 209 g/mol. The van der Waals surface area contributed by atoms with Gasteiger partial charge in [0.2, 0.25) is 5.91 Å². The second kappa shape index (κ2) is 9.58. The Kier molecular flexibility index (Phi) is 8.96. The molecular weight excluding hydrogens is 186 g/mol. The first-order valence-electron chi connectivity index (χ1n) is 5.90.